The van der Waals surface area contributed by atoms with Crippen molar-refractivity contribution in [1.29, 1.82) is 0 Å². The number of carbonyl (C=O) groups excluding carboxylic acids is 3. The number of para-hydroxylation sites is 1. The predicted octanol–water partition coefficient (Wildman–Crippen LogP) is 2.67. The fourth-order valence-electron chi connectivity index (χ4n) is 4.30. The van der Waals surface area contributed by atoms with E-state index in [1.165, 1.54) is 17.2 Å². The molecule has 0 saturated carbocycles. The number of esters is 1. The van der Waals surface area contributed by atoms with E-state index in [1.54, 1.807) is 43.4 Å². The predicted molar refractivity (Wildman–Crippen MR) is 157 cm³/mol. The number of rotatable bonds is 7. The maximum atomic E-state index is 13.4. The number of hydrogen-bond donors (Lipinski definition) is 2. The molecule has 1 saturated heterocycles. The maximum absolute atomic E-state index is 13.4. The van der Waals surface area contributed by atoms with Crippen LogP contribution in [-0.2, 0) is 19.1 Å². The summed E-state index contributed by atoms with van der Waals surface area (Å²) in [4.78, 5) is 44.4. The van der Waals surface area contributed by atoms with Gasteiger partial charge in [0, 0.05) is 24.9 Å². The first-order chi connectivity index (χ1) is 20.6. The molecule has 0 spiro atoms. The molecular weight excluding hydrogens is 552 g/mol. The Kier molecular flexibility index (Phi) is 8.61. The number of anilines is 1. The van der Waals surface area contributed by atoms with E-state index in [2.05, 4.69) is 22.1 Å². The first-order valence-corrected chi connectivity index (χ1v) is 13.8. The van der Waals surface area contributed by atoms with Crippen molar-refractivity contribution in [2.75, 3.05) is 31.8 Å². The zero-order valence-electron chi connectivity index (χ0n) is 24.0. The Bertz CT molecular complexity index is 1580. The highest BCUT2D eigenvalue weighted by Gasteiger charge is 2.42. The molecule has 11 heteroatoms. The first-order valence-electron chi connectivity index (χ1n) is 13.8. The summed E-state index contributed by atoms with van der Waals surface area (Å²) in [7, 11) is 1.59. The van der Waals surface area contributed by atoms with E-state index in [9.17, 15) is 14.4 Å². The fraction of sp³-hybridized carbons (Fsp3) is 0.312. The molecule has 2 atom stereocenters. The van der Waals surface area contributed by atoms with E-state index in [1.807, 2.05) is 32.0 Å². The molecule has 11 nitrogen and oxygen atoms in total. The van der Waals surface area contributed by atoms with Gasteiger partial charge in [0.05, 0.1) is 5.69 Å². The molecule has 0 aliphatic carbocycles. The zero-order chi connectivity index (χ0) is 30.6. The molecule has 222 valence electrons. The highest BCUT2D eigenvalue weighted by atomic mass is 16.6. The summed E-state index contributed by atoms with van der Waals surface area (Å²) < 4.78 is 22.6. The number of ether oxygens (including phenoxy) is 4. The van der Waals surface area contributed by atoms with Gasteiger partial charge in [-0.25, -0.2) is 0 Å². The number of nitrogens with two attached hydrogens (primary N) is 1. The lowest BCUT2D eigenvalue weighted by Crippen LogP contribution is -2.54. The van der Waals surface area contributed by atoms with Crippen molar-refractivity contribution in [3.63, 3.8) is 0 Å². The van der Waals surface area contributed by atoms with Crippen molar-refractivity contribution in [3.05, 3.63) is 78.1 Å². The van der Waals surface area contributed by atoms with E-state index in [0.717, 1.165) is 0 Å². The second kappa shape index (κ2) is 12.5. The Labute approximate surface area is 249 Å². The van der Waals surface area contributed by atoms with Crippen LogP contribution in [0.5, 0.6) is 17.2 Å². The summed E-state index contributed by atoms with van der Waals surface area (Å²) >= 11 is 0. The molecule has 3 N–H and O–H groups in total. The molecule has 2 amide bonds. The second-order valence-electron chi connectivity index (χ2n) is 10.6. The van der Waals surface area contributed by atoms with Crippen LogP contribution >= 0.6 is 0 Å². The Morgan fingerprint density at radius 1 is 1.12 bits per heavy atom. The van der Waals surface area contributed by atoms with E-state index < -0.39 is 29.6 Å². The summed E-state index contributed by atoms with van der Waals surface area (Å²) in [6.07, 6.45) is 1.46. The van der Waals surface area contributed by atoms with Crippen LogP contribution in [0, 0.1) is 17.8 Å². The van der Waals surface area contributed by atoms with Crippen molar-refractivity contribution >= 4 is 23.5 Å². The van der Waals surface area contributed by atoms with Crippen molar-refractivity contribution in [2.45, 2.75) is 31.5 Å². The number of amides is 2. The zero-order valence-corrected chi connectivity index (χ0v) is 24.0. The van der Waals surface area contributed by atoms with Crippen molar-refractivity contribution in [3.8, 4) is 29.1 Å². The highest BCUT2D eigenvalue weighted by molar-refractivity contribution is 6.03. The summed E-state index contributed by atoms with van der Waals surface area (Å²) in [5.74, 6) is 5.97. The third-order valence-electron chi connectivity index (χ3n) is 6.99. The molecule has 5 rings (SSSR count). The SMILES string of the molecule is CC(C)[C@H](N)C(=O)OC1(C#Cc2ccc3c(c2)N(C)C(=O)[C@@H](NC(=O)c2cc(Oc4ccccc4)ccn2)CO3)COC1. The van der Waals surface area contributed by atoms with E-state index in [0.29, 0.717) is 28.5 Å². The average Bonchev–Trinajstić information content (AvgIpc) is 3.10. The number of nitrogens with zero attached hydrogens (tertiary/aromatic N) is 2. The van der Waals surface area contributed by atoms with E-state index >= 15 is 0 Å². The quantitative estimate of drug-likeness (QED) is 0.317. The van der Waals surface area contributed by atoms with Gasteiger partial charge in [-0.05, 0) is 48.2 Å². The number of likely N-dealkylation sites (N-methyl/N-ethyl adjacent to an activating group) is 1. The van der Waals surface area contributed by atoms with E-state index in [4.69, 9.17) is 24.7 Å². The lowest BCUT2D eigenvalue weighted by Gasteiger charge is -2.37. The molecule has 2 aliphatic heterocycles. The number of aromatic nitrogens is 1. The first kappa shape index (κ1) is 29.6. The van der Waals surface area contributed by atoms with Gasteiger partial charge < -0.3 is 34.9 Å². The average molecular weight is 585 g/mol. The Balaban J connectivity index is 1.27. The van der Waals surface area contributed by atoms with Gasteiger partial charge in [0.1, 0.15) is 54.8 Å². The second-order valence-corrected chi connectivity index (χ2v) is 10.6. The largest absolute Gasteiger partial charge is 0.489 e. The molecule has 1 aromatic heterocycles. The molecule has 0 unspecified atom stereocenters. The number of pyridine rings is 1. The standard InChI is InChI=1S/C32H32N4O7/c1-20(2)28(33)31(39)43-32(18-40-19-32)13-11-21-9-10-27-26(15-21)36(3)30(38)25(17-41-27)35-29(37)24-16-23(12-14-34-24)42-22-7-5-4-6-8-22/h4-10,12,14-16,20,25,28H,17-19,33H2,1-3H3,(H,35,37)/t25-,28-/m0/s1. The summed E-state index contributed by atoms with van der Waals surface area (Å²) in [6.45, 7) is 3.87. The van der Waals surface area contributed by atoms with Gasteiger partial charge in [0.15, 0.2) is 0 Å². The molecule has 43 heavy (non-hydrogen) atoms. The van der Waals surface area contributed by atoms with Crippen LogP contribution in [0.4, 0.5) is 5.69 Å². The van der Waals surface area contributed by atoms with Gasteiger partial charge in [-0.1, -0.05) is 38.0 Å². The summed E-state index contributed by atoms with van der Waals surface area (Å²) in [6, 6.07) is 15.7. The van der Waals surface area contributed by atoms with Crippen molar-refractivity contribution in [1.82, 2.24) is 10.3 Å². The van der Waals surface area contributed by atoms with Crippen molar-refractivity contribution < 1.29 is 33.3 Å². The number of nitrogens with one attached hydrogen (secondary N) is 1. The minimum Gasteiger partial charge on any atom is -0.489 e. The van der Waals surface area contributed by atoms with Gasteiger partial charge in [-0.15, -0.1) is 0 Å². The Morgan fingerprint density at radius 2 is 1.88 bits per heavy atom. The normalized spacial score (nSPS) is 17.7. The van der Waals surface area contributed by atoms with E-state index in [-0.39, 0.29) is 37.3 Å². The molecular formula is C32H32N4O7. The van der Waals surface area contributed by atoms with Crippen LogP contribution < -0.4 is 25.4 Å². The van der Waals surface area contributed by atoms with Crippen LogP contribution in [0.1, 0.15) is 29.9 Å². The molecule has 1 fully saturated rings. The number of benzene rings is 2. The summed E-state index contributed by atoms with van der Waals surface area (Å²) in [5, 5.41) is 2.72. The topological polar surface area (TPSA) is 142 Å². The molecule has 3 heterocycles. The Morgan fingerprint density at radius 3 is 2.58 bits per heavy atom. The molecule has 2 aromatic carbocycles. The van der Waals surface area contributed by atoms with Gasteiger partial charge in [-0.3, -0.25) is 19.4 Å². The molecule has 3 aromatic rings. The summed E-state index contributed by atoms with van der Waals surface area (Å²) in [5.41, 5.74) is 5.98. The van der Waals surface area contributed by atoms with Crippen LogP contribution in [0.2, 0.25) is 0 Å². The van der Waals surface area contributed by atoms with Crippen LogP contribution in [0.3, 0.4) is 0 Å². The third-order valence-corrected chi connectivity index (χ3v) is 6.99. The minimum atomic E-state index is -1.08. The van der Waals surface area contributed by atoms with Gasteiger partial charge in [0.25, 0.3) is 11.8 Å². The van der Waals surface area contributed by atoms with Gasteiger partial charge >= 0.3 is 5.97 Å². The van der Waals surface area contributed by atoms with Gasteiger partial charge in [-0.2, -0.15) is 0 Å². The lowest BCUT2D eigenvalue weighted by atomic mass is 10.0. The van der Waals surface area contributed by atoms with Crippen LogP contribution in [0.15, 0.2) is 66.9 Å². The number of hydrogen-bond acceptors (Lipinski definition) is 9. The smallest absolute Gasteiger partial charge is 0.324 e. The van der Waals surface area contributed by atoms with Crippen molar-refractivity contribution in [2.24, 2.45) is 11.7 Å². The Hall–Kier alpha value is -4.92. The number of carbonyl (C=O) groups is 3. The minimum absolute atomic E-state index is 0.0835. The molecule has 0 radical (unpaired) electrons. The van der Waals surface area contributed by atoms with Crippen LogP contribution in [-0.4, -0.2) is 67.3 Å². The lowest BCUT2D eigenvalue weighted by molar-refractivity contribution is -0.194. The number of fused-ring (bicyclic) bond motifs is 1. The molecule has 2 aliphatic rings. The maximum Gasteiger partial charge on any atom is 0.324 e. The monoisotopic (exact) mass is 584 g/mol. The van der Waals surface area contributed by atoms with Crippen LogP contribution in [0.25, 0.3) is 0 Å². The third kappa shape index (κ3) is 6.77. The fourth-order valence-corrected chi connectivity index (χ4v) is 4.30. The molecule has 0 bridgehead atoms. The highest BCUT2D eigenvalue weighted by Crippen LogP contribution is 2.32. The van der Waals surface area contributed by atoms with Gasteiger partial charge in [0.2, 0.25) is 5.60 Å².